The second-order valence-electron chi connectivity index (χ2n) is 3.42. The number of hydrogen-bond donors (Lipinski definition) is 0. The average Bonchev–Trinajstić information content (AvgIpc) is 2.87. The van der Waals surface area contributed by atoms with E-state index in [1.165, 1.54) is 24.0 Å². The molecule has 1 aliphatic rings. The molecule has 1 aromatic carbocycles. The van der Waals surface area contributed by atoms with Crippen molar-refractivity contribution in [1.29, 1.82) is 5.26 Å². The van der Waals surface area contributed by atoms with Crippen molar-refractivity contribution in [1.82, 2.24) is 0 Å². The molecule has 0 aliphatic heterocycles. The van der Waals surface area contributed by atoms with Gasteiger partial charge in [-0.3, -0.25) is 0 Å². The molecule has 0 N–H and O–H groups in total. The Kier molecular flexibility index (Phi) is 1.62. The fourth-order valence-electron chi connectivity index (χ4n) is 1.69. The lowest BCUT2D eigenvalue weighted by Gasteiger charge is -2.04. The summed E-state index contributed by atoms with van der Waals surface area (Å²) >= 11 is 0. The minimum Gasteiger partial charge on any atom is -0.192 e. The van der Waals surface area contributed by atoms with Crippen molar-refractivity contribution in [3.05, 3.63) is 34.9 Å². The van der Waals surface area contributed by atoms with E-state index in [1.54, 1.807) is 0 Å². The fourth-order valence-corrected chi connectivity index (χ4v) is 1.69. The van der Waals surface area contributed by atoms with E-state index in [0.717, 1.165) is 5.56 Å². The SMILES string of the molecule is Cc1cccc(C#N)c1C1CC1. The molecule has 1 aromatic rings. The fraction of sp³-hybridized carbons (Fsp3) is 0.364. The van der Waals surface area contributed by atoms with Crippen molar-refractivity contribution >= 4 is 0 Å². The number of benzene rings is 1. The number of hydrogen-bond acceptors (Lipinski definition) is 1. The molecule has 0 atom stereocenters. The molecule has 1 fully saturated rings. The van der Waals surface area contributed by atoms with Crippen LogP contribution in [0.3, 0.4) is 0 Å². The minimum absolute atomic E-state index is 0.681. The van der Waals surface area contributed by atoms with Gasteiger partial charge >= 0.3 is 0 Å². The molecule has 0 amide bonds. The molecular weight excluding hydrogens is 146 g/mol. The van der Waals surface area contributed by atoms with Crippen molar-refractivity contribution in [2.24, 2.45) is 0 Å². The molecule has 1 nitrogen and oxygen atoms in total. The van der Waals surface area contributed by atoms with Gasteiger partial charge in [0.1, 0.15) is 0 Å². The molecule has 1 saturated carbocycles. The van der Waals surface area contributed by atoms with Crippen LogP contribution in [0.2, 0.25) is 0 Å². The second-order valence-corrected chi connectivity index (χ2v) is 3.42. The lowest BCUT2D eigenvalue weighted by atomic mass is 9.99. The Labute approximate surface area is 72.6 Å². The normalized spacial score (nSPS) is 15.7. The maximum atomic E-state index is 8.87. The van der Waals surface area contributed by atoms with Gasteiger partial charge in [0, 0.05) is 0 Å². The zero-order valence-corrected chi connectivity index (χ0v) is 7.17. The van der Waals surface area contributed by atoms with Crippen LogP contribution in [0.25, 0.3) is 0 Å². The third-order valence-corrected chi connectivity index (χ3v) is 2.43. The summed E-state index contributed by atoms with van der Waals surface area (Å²) < 4.78 is 0. The quantitative estimate of drug-likeness (QED) is 0.615. The number of nitriles is 1. The van der Waals surface area contributed by atoms with Crippen molar-refractivity contribution in [2.45, 2.75) is 25.7 Å². The summed E-state index contributed by atoms with van der Waals surface area (Å²) in [5, 5.41) is 8.87. The highest BCUT2D eigenvalue weighted by atomic mass is 14.3. The van der Waals surface area contributed by atoms with Crippen molar-refractivity contribution in [3.8, 4) is 6.07 Å². The Hall–Kier alpha value is -1.29. The van der Waals surface area contributed by atoms with E-state index in [-0.39, 0.29) is 0 Å². The van der Waals surface area contributed by atoms with Crippen molar-refractivity contribution in [3.63, 3.8) is 0 Å². The summed E-state index contributed by atoms with van der Waals surface area (Å²) in [4.78, 5) is 0. The lowest BCUT2D eigenvalue weighted by Crippen LogP contribution is -1.90. The van der Waals surface area contributed by atoms with Gasteiger partial charge in [-0.25, -0.2) is 0 Å². The van der Waals surface area contributed by atoms with E-state index in [0.29, 0.717) is 5.92 Å². The first-order valence-electron chi connectivity index (χ1n) is 4.32. The van der Waals surface area contributed by atoms with Crippen LogP contribution < -0.4 is 0 Å². The average molecular weight is 157 g/mol. The maximum absolute atomic E-state index is 8.87. The van der Waals surface area contributed by atoms with Crippen molar-refractivity contribution in [2.75, 3.05) is 0 Å². The van der Waals surface area contributed by atoms with Gasteiger partial charge in [-0.2, -0.15) is 5.26 Å². The minimum atomic E-state index is 0.681. The van der Waals surface area contributed by atoms with Crippen LogP contribution in [-0.4, -0.2) is 0 Å². The smallest absolute Gasteiger partial charge is 0.0994 e. The van der Waals surface area contributed by atoms with Gasteiger partial charge in [0.2, 0.25) is 0 Å². The highest BCUT2D eigenvalue weighted by molar-refractivity contribution is 5.46. The highest BCUT2D eigenvalue weighted by Gasteiger charge is 2.27. The van der Waals surface area contributed by atoms with E-state index < -0.39 is 0 Å². The summed E-state index contributed by atoms with van der Waals surface area (Å²) in [7, 11) is 0. The topological polar surface area (TPSA) is 23.8 Å². The van der Waals surface area contributed by atoms with E-state index in [2.05, 4.69) is 19.1 Å². The van der Waals surface area contributed by atoms with Crippen LogP contribution in [0, 0.1) is 18.3 Å². The molecule has 0 unspecified atom stereocenters. The third-order valence-electron chi connectivity index (χ3n) is 2.43. The molecule has 1 heteroatoms. The van der Waals surface area contributed by atoms with Gasteiger partial charge in [0.25, 0.3) is 0 Å². The predicted molar refractivity (Wildman–Crippen MR) is 47.9 cm³/mol. The van der Waals surface area contributed by atoms with Gasteiger partial charge in [0.15, 0.2) is 0 Å². The van der Waals surface area contributed by atoms with E-state index in [1.807, 2.05) is 12.1 Å². The third kappa shape index (κ3) is 1.10. The Morgan fingerprint density at radius 3 is 2.75 bits per heavy atom. The predicted octanol–water partition coefficient (Wildman–Crippen LogP) is 2.74. The first-order valence-corrected chi connectivity index (χ1v) is 4.32. The molecule has 0 heterocycles. The van der Waals surface area contributed by atoms with E-state index >= 15 is 0 Å². The molecule has 0 spiro atoms. The van der Waals surface area contributed by atoms with Crippen LogP contribution in [0.4, 0.5) is 0 Å². The largest absolute Gasteiger partial charge is 0.192 e. The molecule has 2 rings (SSSR count). The zero-order valence-electron chi connectivity index (χ0n) is 7.17. The Balaban J connectivity index is 2.54. The van der Waals surface area contributed by atoms with Gasteiger partial charge in [-0.15, -0.1) is 0 Å². The molecule has 1 aliphatic carbocycles. The lowest BCUT2D eigenvalue weighted by molar-refractivity contribution is 1.09. The monoisotopic (exact) mass is 157 g/mol. The standard InChI is InChI=1S/C11H11N/c1-8-3-2-4-10(7-12)11(8)9-5-6-9/h2-4,9H,5-6H2,1H3. The highest BCUT2D eigenvalue weighted by Crippen LogP contribution is 2.42. The Morgan fingerprint density at radius 2 is 2.17 bits per heavy atom. The van der Waals surface area contributed by atoms with E-state index in [4.69, 9.17) is 5.26 Å². The first kappa shape index (κ1) is 7.36. The summed E-state index contributed by atoms with van der Waals surface area (Å²) in [6, 6.07) is 8.22. The number of aryl methyl sites for hydroxylation is 1. The molecular formula is C11H11N. The van der Waals surface area contributed by atoms with Gasteiger partial charge in [-0.05, 0) is 42.9 Å². The maximum Gasteiger partial charge on any atom is 0.0994 e. The Bertz CT molecular complexity index is 343. The van der Waals surface area contributed by atoms with Crippen LogP contribution in [0.5, 0.6) is 0 Å². The number of nitrogens with zero attached hydrogens (tertiary/aromatic N) is 1. The van der Waals surface area contributed by atoms with E-state index in [9.17, 15) is 0 Å². The molecule has 60 valence electrons. The van der Waals surface area contributed by atoms with Crippen LogP contribution in [0.1, 0.15) is 35.4 Å². The van der Waals surface area contributed by atoms with Gasteiger partial charge < -0.3 is 0 Å². The Morgan fingerprint density at radius 1 is 1.42 bits per heavy atom. The van der Waals surface area contributed by atoms with Crippen molar-refractivity contribution < 1.29 is 0 Å². The molecule has 12 heavy (non-hydrogen) atoms. The van der Waals surface area contributed by atoms with Crippen LogP contribution >= 0.6 is 0 Å². The second kappa shape index (κ2) is 2.64. The summed E-state index contributed by atoms with van der Waals surface area (Å²) in [6.45, 7) is 2.09. The molecule has 0 radical (unpaired) electrons. The van der Waals surface area contributed by atoms with Gasteiger partial charge in [-0.1, -0.05) is 12.1 Å². The summed E-state index contributed by atoms with van der Waals surface area (Å²) in [6.07, 6.45) is 2.53. The molecule has 0 bridgehead atoms. The van der Waals surface area contributed by atoms with Gasteiger partial charge in [0.05, 0.1) is 11.6 Å². The number of rotatable bonds is 1. The summed E-state index contributed by atoms with van der Waals surface area (Å²) in [5.41, 5.74) is 3.44. The molecule has 0 aromatic heterocycles. The first-order chi connectivity index (χ1) is 5.83. The zero-order chi connectivity index (χ0) is 8.55. The van der Waals surface area contributed by atoms with Crippen LogP contribution in [0.15, 0.2) is 18.2 Å². The molecule has 0 saturated heterocycles. The summed E-state index contributed by atoms with van der Waals surface area (Å²) in [5.74, 6) is 0.681. The van der Waals surface area contributed by atoms with Crippen LogP contribution in [-0.2, 0) is 0 Å².